The van der Waals surface area contributed by atoms with E-state index in [1.165, 1.54) is 19.4 Å². The average Bonchev–Trinajstić information content (AvgIpc) is 2.31. The number of hydrogen-bond acceptors (Lipinski definition) is 4. The number of nitrogens with zero attached hydrogens (tertiary/aromatic N) is 1. The molecule has 1 N–H and O–H groups in total. The van der Waals surface area contributed by atoms with Crippen LogP contribution in [0.4, 0.5) is 0 Å². The van der Waals surface area contributed by atoms with E-state index in [9.17, 15) is 0 Å². The Kier molecular flexibility index (Phi) is 4.38. The average molecular weight is 214 g/mol. The summed E-state index contributed by atoms with van der Waals surface area (Å²) in [6.45, 7) is 4.66. The van der Waals surface area contributed by atoms with Crippen LogP contribution in [0.15, 0.2) is 0 Å². The van der Waals surface area contributed by atoms with E-state index in [1.54, 1.807) is 0 Å². The first kappa shape index (κ1) is 11.3. The summed E-state index contributed by atoms with van der Waals surface area (Å²) >= 11 is 0. The number of piperidine rings is 1. The fourth-order valence-electron chi connectivity index (χ4n) is 2.33. The van der Waals surface area contributed by atoms with Crippen molar-refractivity contribution in [2.45, 2.75) is 31.4 Å². The Bertz CT molecular complexity index is 177. The van der Waals surface area contributed by atoms with Crippen LogP contribution in [0.1, 0.15) is 19.3 Å². The predicted octanol–water partition coefficient (Wildman–Crippen LogP) is 0.433. The van der Waals surface area contributed by atoms with Crippen molar-refractivity contribution < 1.29 is 9.47 Å². The third-order valence-electron chi connectivity index (χ3n) is 3.36. The normalized spacial score (nSPS) is 33.2. The van der Waals surface area contributed by atoms with E-state index in [0.29, 0.717) is 18.9 Å². The molecular weight excluding hydrogens is 192 g/mol. The molecule has 0 aromatic carbocycles. The standard InChI is InChI=1S/C11H22N2O2/c1-13(10-3-2-5-12-7-10)8-11-4-6-14-9-15-11/h10-12H,2-9H2,1H3. The Morgan fingerprint density at radius 1 is 1.40 bits per heavy atom. The van der Waals surface area contributed by atoms with E-state index in [1.807, 2.05) is 0 Å². The first-order valence-corrected chi connectivity index (χ1v) is 5.96. The highest BCUT2D eigenvalue weighted by atomic mass is 16.7. The fraction of sp³-hybridized carbons (Fsp3) is 1.00. The second kappa shape index (κ2) is 5.80. The van der Waals surface area contributed by atoms with Gasteiger partial charge < -0.3 is 14.8 Å². The van der Waals surface area contributed by atoms with E-state index in [-0.39, 0.29) is 0 Å². The highest BCUT2D eigenvalue weighted by Gasteiger charge is 2.22. The topological polar surface area (TPSA) is 33.7 Å². The minimum atomic E-state index is 0.366. The molecule has 2 fully saturated rings. The highest BCUT2D eigenvalue weighted by Crippen LogP contribution is 2.12. The maximum atomic E-state index is 5.56. The lowest BCUT2D eigenvalue weighted by atomic mass is 10.1. The van der Waals surface area contributed by atoms with E-state index >= 15 is 0 Å². The Balaban J connectivity index is 1.72. The zero-order valence-electron chi connectivity index (χ0n) is 9.58. The Morgan fingerprint density at radius 2 is 2.33 bits per heavy atom. The van der Waals surface area contributed by atoms with Gasteiger partial charge in [-0.1, -0.05) is 0 Å². The van der Waals surface area contributed by atoms with Crippen LogP contribution >= 0.6 is 0 Å². The third-order valence-corrected chi connectivity index (χ3v) is 3.36. The van der Waals surface area contributed by atoms with Gasteiger partial charge in [0.25, 0.3) is 0 Å². The molecule has 0 aromatic rings. The van der Waals surface area contributed by atoms with Crippen LogP contribution < -0.4 is 5.32 Å². The van der Waals surface area contributed by atoms with E-state index in [0.717, 1.165) is 26.1 Å². The second-order valence-electron chi connectivity index (χ2n) is 4.54. The molecule has 2 unspecified atom stereocenters. The minimum absolute atomic E-state index is 0.366. The number of nitrogens with one attached hydrogen (secondary N) is 1. The smallest absolute Gasteiger partial charge is 0.147 e. The summed E-state index contributed by atoms with van der Waals surface area (Å²) in [5.41, 5.74) is 0. The van der Waals surface area contributed by atoms with Gasteiger partial charge in [0.15, 0.2) is 0 Å². The van der Waals surface area contributed by atoms with Crippen LogP contribution in [0.5, 0.6) is 0 Å². The van der Waals surface area contributed by atoms with Crippen molar-refractivity contribution in [3.05, 3.63) is 0 Å². The van der Waals surface area contributed by atoms with Crippen molar-refractivity contribution in [2.24, 2.45) is 0 Å². The predicted molar refractivity (Wildman–Crippen MR) is 58.8 cm³/mol. The van der Waals surface area contributed by atoms with Crippen molar-refractivity contribution in [1.82, 2.24) is 10.2 Å². The van der Waals surface area contributed by atoms with Gasteiger partial charge in [0, 0.05) is 19.1 Å². The van der Waals surface area contributed by atoms with Crippen molar-refractivity contribution in [3.63, 3.8) is 0 Å². The van der Waals surface area contributed by atoms with Gasteiger partial charge in [-0.25, -0.2) is 0 Å². The number of hydrogen-bond donors (Lipinski definition) is 1. The molecule has 2 aliphatic heterocycles. The van der Waals surface area contributed by atoms with Crippen LogP contribution in [0.2, 0.25) is 0 Å². The number of ether oxygens (including phenoxy) is 2. The number of rotatable bonds is 3. The summed E-state index contributed by atoms with van der Waals surface area (Å²) < 4.78 is 10.7. The first-order valence-electron chi connectivity index (χ1n) is 5.96. The van der Waals surface area contributed by atoms with Crippen LogP contribution in [0.25, 0.3) is 0 Å². The van der Waals surface area contributed by atoms with E-state index in [2.05, 4.69) is 17.3 Å². The van der Waals surface area contributed by atoms with Gasteiger partial charge in [0.1, 0.15) is 6.79 Å². The lowest BCUT2D eigenvalue weighted by Gasteiger charge is -2.35. The van der Waals surface area contributed by atoms with Crippen LogP contribution in [-0.4, -0.2) is 57.1 Å². The molecule has 4 heteroatoms. The van der Waals surface area contributed by atoms with Crippen molar-refractivity contribution >= 4 is 0 Å². The SMILES string of the molecule is CN(CC1CCOCO1)C1CCCNC1. The van der Waals surface area contributed by atoms with E-state index < -0.39 is 0 Å². The monoisotopic (exact) mass is 214 g/mol. The summed E-state index contributed by atoms with van der Waals surface area (Å²) in [7, 11) is 2.20. The molecule has 15 heavy (non-hydrogen) atoms. The first-order chi connectivity index (χ1) is 7.36. The molecule has 2 rings (SSSR count). The molecule has 0 aliphatic carbocycles. The van der Waals surface area contributed by atoms with Gasteiger partial charge in [-0.3, -0.25) is 4.90 Å². The van der Waals surface area contributed by atoms with Gasteiger partial charge in [-0.05, 0) is 32.9 Å². The van der Waals surface area contributed by atoms with Crippen LogP contribution in [-0.2, 0) is 9.47 Å². The Hall–Kier alpha value is -0.160. The van der Waals surface area contributed by atoms with Crippen molar-refractivity contribution in [1.29, 1.82) is 0 Å². The third kappa shape index (κ3) is 3.41. The van der Waals surface area contributed by atoms with Gasteiger partial charge in [-0.2, -0.15) is 0 Å². The van der Waals surface area contributed by atoms with Crippen molar-refractivity contribution in [3.8, 4) is 0 Å². The summed E-state index contributed by atoms with van der Waals surface area (Å²) in [6, 6.07) is 0.685. The molecule has 2 heterocycles. The van der Waals surface area contributed by atoms with Gasteiger partial charge in [-0.15, -0.1) is 0 Å². The molecule has 0 amide bonds. The summed E-state index contributed by atoms with van der Waals surface area (Å²) in [4.78, 5) is 2.43. The van der Waals surface area contributed by atoms with Gasteiger partial charge in [0.2, 0.25) is 0 Å². The van der Waals surface area contributed by atoms with Gasteiger partial charge >= 0.3 is 0 Å². The van der Waals surface area contributed by atoms with Gasteiger partial charge in [0.05, 0.1) is 12.7 Å². The maximum absolute atomic E-state index is 5.56. The molecule has 0 bridgehead atoms. The molecule has 0 aromatic heterocycles. The molecule has 88 valence electrons. The quantitative estimate of drug-likeness (QED) is 0.739. The fourth-order valence-corrected chi connectivity index (χ4v) is 2.33. The summed E-state index contributed by atoms with van der Waals surface area (Å²) in [5, 5.41) is 3.45. The molecule has 2 saturated heterocycles. The zero-order valence-corrected chi connectivity index (χ0v) is 9.58. The van der Waals surface area contributed by atoms with Crippen LogP contribution in [0, 0.1) is 0 Å². The molecule has 2 aliphatic rings. The van der Waals surface area contributed by atoms with Crippen molar-refractivity contribution in [2.75, 3.05) is 40.1 Å². The number of likely N-dealkylation sites (N-methyl/N-ethyl adjacent to an activating group) is 1. The largest absolute Gasteiger partial charge is 0.355 e. The molecule has 2 atom stereocenters. The maximum Gasteiger partial charge on any atom is 0.147 e. The molecule has 4 nitrogen and oxygen atoms in total. The molecular formula is C11H22N2O2. The summed E-state index contributed by atoms with van der Waals surface area (Å²) in [6.07, 6.45) is 4.01. The molecule has 0 radical (unpaired) electrons. The van der Waals surface area contributed by atoms with E-state index in [4.69, 9.17) is 9.47 Å². The zero-order chi connectivity index (χ0) is 10.5. The lowest BCUT2D eigenvalue weighted by Crippen LogP contribution is -2.47. The molecule has 0 spiro atoms. The lowest BCUT2D eigenvalue weighted by molar-refractivity contribution is -0.145. The second-order valence-corrected chi connectivity index (χ2v) is 4.54. The Morgan fingerprint density at radius 3 is 3.00 bits per heavy atom. The Labute approximate surface area is 91.9 Å². The minimum Gasteiger partial charge on any atom is -0.355 e. The molecule has 0 saturated carbocycles. The summed E-state index contributed by atoms with van der Waals surface area (Å²) in [5.74, 6) is 0. The highest BCUT2D eigenvalue weighted by molar-refractivity contribution is 4.78. The van der Waals surface area contributed by atoms with Crippen LogP contribution in [0.3, 0.4) is 0 Å².